The van der Waals surface area contributed by atoms with Crippen LogP contribution in [0.3, 0.4) is 0 Å². The molecule has 1 aliphatic heterocycles. The van der Waals surface area contributed by atoms with Gasteiger partial charge in [-0.1, -0.05) is 13.8 Å². The number of hydrogen-bond donors (Lipinski definition) is 2. The van der Waals surface area contributed by atoms with Crippen molar-refractivity contribution in [2.75, 3.05) is 19.6 Å². The molecule has 4 nitrogen and oxygen atoms in total. The van der Waals surface area contributed by atoms with E-state index in [0.717, 1.165) is 38.9 Å². The summed E-state index contributed by atoms with van der Waals surface area (Å²) in [4.78, 5) is 12.9. The third kappa shape index (κ3) is 7.25. The number of carbonyl (C=O) groups excluding carboxylic acids is 1. The molecule has 4 heteroatoms. The second-order valence-corrected chi connectivity index (χ2v) is 6.85. The summed E-state index contributed by atoms with van der Waals surface area (Å²) < 4.78 is 0. The first kappa shape index (κ1) is 19.4. The Morgan fingerprint density at radius 1 is 1.10 bits per heavy atom. The van der Waals surface area contributed by atoms with E-state index in [0.29, 0.717) is 6.04 Å². The van der Waals surface area contributed by atoms with Crippen molar-refractivity contribution in [1.82, 2.24) is 15.5 Å². The summed E-state index contributed by atoms with van der Waals surface area (Å²) in [5.41, 5.74) is 0.228. The molecular weight excluding hydrogens is 250 g/mol. The lowest BCUT2D eigenvalue weighted by Gasteiger charge is -2.48. The Hall–Kier alpha value is -0.610. The number of nitrogens with one attached hydrogen (secondary N) is 2. The van der Waals surface area contributed by atoms with Crippen LogP contribution in [0.2, 0.25) is 0 Å². The summed E-state index contributed by atoms with van der Waals surface area (Å²) in [5.74, 6) is 0. The molecule has 0 aromatic carbocycles. The smallest absolute Gasteiger partial charge is 0.209 e. The first-order valence-corrected chi connectivity index (χ1v) is 7.92. The van der Waals surface area contributed by atoms with Gasteiger partial charge in [0.05, 0.1) is 0 Å². The van der Waals surface area contributed by atoms with Gasteiger partial charge >= 0.3 is 0 Å². The van der Waals surface area contributed by atoms with Gasteiger partial charge in [-0.15, -0.1) is 0 Å². The van der Waals surface area contributed by atoms with Crippen LogP contribution in [0.15, 0.2) is 0 Å². The van der Waals surface area contributed by atoms with E-state index in [1.54, 1.807) is 0 Å². The van der Waals surface area contributed by atoms with Crippen molar-refractivity contribution in [3.63, 3.8) is 0 Å². The maximum Gasteiger partial charge on any atom is 0.209 e. The van der Waals surface area contributed by atoms with Crippen LogP contribution >= 0.6 is 0 Å². The molecule has 1 aliphatic rings. The first-order valence-electron chi connectivity index (χ1n) is 7.92. The zero-order valence-electron chi connectivity index (χ0n) is 14.5. The van der Waals surface area contributed by atoms with Crippen LogP contribution in [0.25, 0.3) is 0 Å². The summed E-state index contributed by atoms with van der Waals surface area (Å²) >= 11 is 0. The monoisotopic (exact) mass is 285 g/mol. The van der Waals surface area contributed by atoms with Gasteiger partial charge in [-0.3, -0.25) is 4.79 Å². The van der Waals surface area contributed by atoms with Crippen molar-refractivity contribution in [3.8, 4) is 0 Å². The minimum absolute atomic E-state index is 0.114. The van der Waals surface area contributed by atoms with E-state index in [4.69, 9.17) is 0 Å². The first-order chi connectivity index (χ1) is 9.21. The van der Waals surface area contributed by atoms with Crippen molar-refractivity contribution in [2.45, 2.75) is 78.4 Å². The number of nitrogens with zero attached hydrogens (tertiary/aromatic N) is 1. The standard InChI is InChI=1S/C12H24N2O.C4H11N/c1-6-14(9-15)10-7-11(2,3)13-12(4,5)8-10;1-3-5-4-2/h9-10,13H,6-8H2,1-5H3;5H,3-4H2,1-2H3. The second kappa shape index (κ2) is 8.63. The Kier molecular flexibility index (Phi) is 8.36. The van der Waals surface area contributed by atoms with Crippen molar-refractivity contribution >= 4 is 6.41 Å². The summed E-state index contributed by atoms with van der Waals surface area (Å²) in [7, 11) is 0. The highest BCUT2D eigenvalue weighted by Crippen LogP contribution is 2.30. The van der Waals surface area contributed by atoms with E-state index in [1.165, 1.54) is 0 Å². The number of hydrogen-bond acceptors (Lipinski definition) is 3. The number of piperidine rings is 1. The zero-order valence-corrected chi connectivity index (χ0v) is 14.5. The van der Waals surface area contributed by atoms with Crippen LogP contribution in [0.1, 0.15) is 61.3 Å². The molecule has 0 aromatic heterocycles. The molecule has 20 heavy (non-hydrogen) atoms. The predicted molar refractivity (Wildman–Crippen MR) is 87.0 cm³/mol. The highest BCUT2D eigenvalue weighted by Gasteiger charge is 2.39. The van der Waals surface area contributed by atoms with Gasteiger partial charge in [0, 0.05) is 23.7 Å². The molecule has 0 radical (unpaired) electrons. The summed E-state index contributed by atoms with van der Waals surface area (Å²) in [6.45, 7) is 18.1. The highest BCUT2D eigenvalue weighted by molar-refractivity contribution is 5.47. The summed E-state index contributed by atoms with van der Waals surface area (Å²) in [6.07, 6.45) is 3.05. The molecule has 0 bridgehead atoms. The van der Waals surface area contributed by atoms with Gasteiger partial charge in [0.15, 0.2) is 0 Å². The molecule has 1 rings (SSSR count). The van der Waals surface area contributed by atoms with Gasteiger partial charge in [0.2, 0.25) is 6.41 Å². The normalized spacial score (nSPS) is 20.8. The molecule has 0 spiro atoms. The van der Waals surface area contributed by atoms with Crippen LogP contribution in [0, 0.1) is 0 Å². The Morgan fingerprint density at radius 3 is 1.80 bits per heavy atom. The maximum absolute atomic E-state index is 11.0. The molecular formula is C16H35N3O. The van der Waals surface area contributed by atoms with Crippen LogP contribution in [-0.2, 0) is 4.79 Å². The molecule has 1 fully saturated rings. The molecule has 120 valence electrons. The molecule has 2 N–H and O–H groups in total. The van der Waals surface area contributed by atoms with E-state index < -0.39 is 0 Å². The average molecular weight is 285 g/mol. The lowest BCUT2D eigenvalue weighted by molar-refractivity contribution is -0.121. The van der Waals surface area contributed by atoms with Crippen LogP contribution in [-0.4, -0.2) is 48.1 Å². The number of amides is 1. The Morgan fingerprint density at radius 2 is 1.55 bits per heavy atom. The van der Waals surface area contributed by atoms with Crippen LogP contribution in [0.4, 0.5) is 0 Å². The van der Waals surface area contributed by atoms with E-state index in [-0.39, 0.29) is 11.1 Å². The molecule has 0 aromatic rings. The Balaban J connectivity index is 0.000000621. The topological polar surface area (TPSA) is 44.4 Å². The van der Waals surface area contributed by atoms with Crippen molar-refractivity contribution in [1.29, 1.82) is 0 Å². The van der Waals surface area contributed by atoms with E-state index in [9.17, 15) is 4.79 Å². The van der Waals surface area contributed by atoms with Gasteiger partial charge in [-0.25, -0.2) is 0 Å². The molecule has 0 unspecified atom stereocenters. The second-order valence-electron chi connectivity index (χ2n) is 6.85. The Labute approximate surface area is 125 Å². The maximum atomic E-state index is 11.0. The zero-order chi connectivity index (χ0) is 15.8. The van der Waals surface area contributed by atoms with Gasteiger partial charge in [-0.05, 0) is 60.5 Å². The van der Waals surface area contributed by atoms with Crippen molar-refractivity contribution in [2.24, 2.45) is 0 Å². The highest BCUT2D eigenvalue weighted by atomic mass is 16.1. The molecule has 1 saturated heterocycles. The third-order valence-electron chi connectivity index (χ3n) is 3.64. The fraction of sp³-hybridized carbons (Fsp3) is 0.938. The molecule has 0 aliphatic carbocycles. The SMILES string of the molecule is CCN(C=O)C1CC(C)(C)NC(C)(C)C1.CCNCC. The molecule has 1 amide bonds. The average Bonchev–Trinajstić information content (AvgIpc) is 2.28. The lowest BCUT2D eigenvalue weighted by atomic mass is 9.79. The molecule has 0 saturated carbocycles. The number of rotatable bonds is 5. The fourth-order valence-corrected chi connectivity index (χ4v) is 3.17. The summed E-state index contributed by atoms with van der Waals surface area (Å²) in [6, 6.07) is 0.374. The molecule has 1 heterocycles. The Bertz CT molecular complexity index is 259. The van der Waals surface area contributed by atoms with E-state index in [2.05, 4.69) is 52.2 Å². The number of carbonyl (C=O) groups is 1. The molecule has 0 atom stereocenters. The quantitative estimate of drug-likeness (QED) is 0.762. The lowest BCUT2D eigenvalue weighted by Crippen LogP contribution is -2.62. The predicted octanol–water partition coefficient (Wildman–Crippen LogP) is 2.39. The van der Waals surface area contributed by atoms with Gasteiger partial charge < -0.3 is 15.5 Å². The summed E-state index contributed by atoms with van der Waals surface area (Å²) in [5, 5.41) is 6.73. The fourth-order valence-electron chi connectivity index (χ4n) is 3.17. The third-order valence-corrected chi connectivity index (χ3v) is 3.64. The van der Waals surface area contributed by atoms with Crippen molar-refractivity contribution in [3.05, 3.63) is 0 Å². The largest absolute Gasteiger partial charge is 0.342 e. The van der Waals surface area contributed by atoms with E-state index in [1.807, 2.05) is 11.8 Å². The van der Waals surface area contributed by atoms with Gasteiger partial charge in [-0.2, -0.15) is 0 Å². The van der Waals surface area contributed by atoms with Crippen LogP contribution < -0.4 is 10.6 Å². The minimum Gasteiger partial charge on any atom is -0.342 e. The van der Waals surface area contributed by atoms with Gasteiger partial charge in [0.25, 0.3) is 0 Å². The van der Waals surface area contributed by atoms with Crippen molar-refractivity contribution < 1.29 is 4.79 Å². The van der Waals surface area contributed by atoms with Crippen LogP contribution in [0.5, 0.6) is 0 Å². The minimum atomic E-state index is 0.114. The van der Waals surface area contributed by atoms with Gasteiger partial charge in [0.1, 0.15) is 0 Å². The van der Waals surface area contributed by atoms with E-state index >= 15 is 0 Å².